The summed E-state index contributed by atoms with van der Waals surface area (Å²) in [6, 6.07) is 5.07. The van der Waals surface area contributed by atoms with Crippen molar-refractivity contribution in [2.45, 2.75) is 18.9 Å². The Bertz CT molecular complexity index is 486. The van der Waals surface area contributed by atoms with Gasteiger partial charge in [-0.1, -0.05) is 6.07 Å². The lowest BCUT2D eigenvalue weighted by Crippen LogP contribution is -2.26. The number of anilines is 1. The number of hydrogen-bond donors (Lipinski definition) is 1. The molecule has 0 bridgehead atoms. The van der Waals surface area contributed by atoms with Crippen LogP contribution in [0.25, 0.3) is 0 Å². The van der Waals surface area contributed by atoms with E-state index in [1.165, 1.54) is 0 Å². The minimum atomic E-state index is -3.39. The van der Waals surface area contributed by atoms with Gasteiger partial charge in [0.05, 0.1) is 11.9 Å². The number of ether oxygens (including phenoxy) is 1. The van der Waals surface area contributed by atoms with Crippen LogP contribution in [0.1, 0.15) is 12.8 Å². The molecule has 1 aliphatic rings. The zero-order valence-corrected chi connectivity index (χ0v) is 11.5. The van der Waals surface area contributed by atoms with Crippen LogP contribution in [-0.4, -0.2) is 31.9 Å². The van der Waals surface area contributed by atoms with Crippen molar-refractivity contribution in [3.63, 3.8) is 0 Å². The third kappa shape index (κ3) is 3.93. The SMILES string of the molecule is O=S(=O)(CC1CCCO1)Nc1cccc(Br)n1. The minimum absolute atomic E-state index is 0.0127. The molecule has 2 rings (SSSR count). The van der Waals surface area contributed by atoms with E-state index in [9.17, 15) is 8.42 Å². The van der Waals surface area contributed by atoms with Gasteiger partial charge in [0.25, 0.3) is 0 Å². The van der Waals surface area contributed by atoms with Crippen molar-refractivity contribution in [1.29, 1.82) is 0 Å². The van der Waals surface area contributed by atoms with Gasteiger partial charge in [-0.3, -0.25) is 4.72 Å². The largest absolute Gasteiger partial charge is 0.377 e. The summed E-state index contributed by atoms with van der Waals surface area (Å²) in [7, 11) is -3.39. The molecule has 7 heteroatoms. The van der Waals surface area contributed by atoms with E-state index in [0.717, 1.165) is 12.8 Å². The van der Waals surface area contributed by atoms with Crippen LogP contribution >= 0.6 is 15.9 Å². The maximum Gasteiger partial charge on any atom is 0.236 e. The smallest absolute Gasteiger partial charge is 0.236 e. The van der Waals surface area contributed by atoms with Gasteiger partial charge in [0.2, 0.25) is 10.0 Å². The molecule has 1 aliphatic heterocycles. The Kier molecular flexibility index (Phi) is 4.01. The number of rotatable bonds is 4. The highest BCUT2D eigenvalue weighted by Gasteiger charge is 2.23. The van der Waals surface area contributed by atoms with Gasteiger partial charge in [-0.25, -0.2) is 13.4 Å². The van der Waals surface area contributed by atoms with Gasteiger partial charge in [-0.05, 0) is 40.9 Å². The van der Waals surface area contributed by atoms with Crippen LogP contribution in [0, 0.1) is 0 Å². The molecule has 1 atom stereocenters. The van der Waals surface area contributed by atoms with E-state index >= 15 is 0 Å². The van der Waals surface area contributed by atoms with Crippen LogP contribution in [0.5, 0.6) is 0 Å². The summed E-state index contributed by atoms with van der Waals surface area (Å²) in [5, 5.41) is 0. The molecule has 1 unspecified atom stereocenters. The quantitative estimate of drug-likeness (QED) is 0.858. The van der Waals surface area contributed by atoms with Crippen molar-refractivity contribution in [3.05, 3.63) is 22.8 Å². The minimum Gasteiger partial charge on any atom is -0.377 e. The summed E-state index contributed by atoms with van der Waals surface area (Å²) in [6.07, 6.45) is 1.53. The van der Waals surface area contributed by atoms with E-state index in [1.54, 1.807) is 18.2 Å². The van der Waals surface area contributed by atoms with Gasteiger partial charge in [0.15, 0.2) is 0 Å². The third-order valence-electron chi connectivity index (χ3n) is 2.40. The van der Waals surface area contributed by atoms with Crippen molar-refractivity contribution in [3.8, 4) is 0 Å². The molecule has 0 saturated carbocycles. The van der Waals surface area contributed by atoms with Gasteiger partial charge < -0.3 is 4.74 Å². The number of sulfonamides is 1. The maximum absolute atomic E-state index is 11.8. The first-order chi connectivity index (χ1) is 8.05. The lowest BCUT2D eigenvalue weighted by atomic mass is 10.3. The summed E-state index contributed by atoms with van der Waals surface area (Å²) in [6.45, 7) is 0.648. The van der Waals surface area contributed by atoms with Crippen molar-refractivity contribution >= 4 is 31.8 Å². The number of hydrogen-bond acceptors (Lipinski definition) is 4. The van der Waals surface area contributed by atoms with Crippen LogP contribution in [-0.2, 0) is 14.8 Å². The van der Waals surface area contributed by atoms with E-state index in [4.69, 9.17) is 4.74 Å². The van der Waals surface area contributed by atoms with Crippen LogP contribution < -0.4 is 4.72 Å². The molecule has 0 spiro atoms. The number of nitrogens with one attached hydrogen (secondary N) is 1. The fraction of sp³-hybridized carbons (Fsp3) is 0.500. The molecule has 0 aliphatic carbocycles. The first kappa shape index (κ1) is 12.8. The lowest BCUT2D eigenvalue weighted by molar-refractivity contribution is 0.127. The highest BCUT2D eigenvalue weighted by Crippen LogP contribution is 2.16. The van der Waals surface area contributed by atoms with Crippen molar-refractivity contribution in [2.24, 2.45) is 0 Å². The molecule has 5 nitrogen and oxygen atoms in total. The van der Waals surface area contributed by atoms with Crippen molar-refractivity contribution < 1.29 is 13.2 Å². The average Bonchev–Trinajstić information content (AvgIpc) is 2.68. The molecule has 1 aromatic heterocycles. The molecular formula is C10H13BrN2O3S. The number of pyridine rings is 1. The second-order valence-electron chi connectivity index (χ2n) is 3.86. The third-order valence-corrected chi connectivity index (χ3v) is 4.18. The topological polar surface area (TPSA) is 68.3 Å². The second kappa shape index (κ2) is 5.32. The predicted octanol–water partition coefficient (Wildman–Crippen LogP) is 1.76. The normalized spacial score (nSPS) is 20.4. The standard InChI is InChI=1S/C10H13BrN2O3S/c11-9-4-1-5-10(12-9)13-17(14,15)7-8-3-2-6-16-8/h1,4-5,8H,2-3,6-7H2,(H,12,13). The fourth-order valence-electron chi connectivity index (χ4n) is 1.69. The van der Waals surface area contributed by atoms with Gasteiger partial charge in [0, 0.05) is 6.61 Å². The molecule has 94 valence electrons. The molecule has 1 aromatic rings. The van der Waals surface area contributed by atoms with Gasteiger partial charge in [-0.2, -0.15) is 0 Å². The summed E-state index contributed by atoms with van der Waals surface area (Å²) < 4.78 is 32.0. The Morgan fingerprint density at radius 2 is 2.35 bits per heavy atom. The monoisotopic (exact) mass is 320 g/mol. The van der Waals surface area contributed by atoms with Crippen LogP contribution in [0.15, 0.2) is 22.8 Å². The van der Waals surface area contributed by atoms with E-state index in [0.29, 0.717) is 17.0 Å². The van der Waals surface area contributed by atoms with Crippen LogP contribution in [0.4, 0.5) is 5.82 Å². The fourth-order valence-corrected chi connectivity index (χ4v) is 3.30. The number of nitrogens with zero attached hydrogens (tertiary/aromatic N) is 1. The predicted molar refractivity (Wildman–Crippen MR) is 68.3 cm³/mol. The van der Waals surface area contributed by atoms with E-state index < -0.39 is 10.0 Å². The summed E-state index contributed by atoms with van der Waals surface area (Å²) in [5.74, 6) is 0.304. The zero-order chi connectivity index (χ0) is 12.3. The molecule has 1 fully saturated rings. The second-order valence-corrected chi connectivity index (χ2v) is 6.44. The van der Waals surface area contributed by atoms with E-state index in [1.807, 2.05) is 0 Å². The highest BCUT2D eigenvalue weighted by molar-refractivity contribution is 9.10. The Hall–Kier alpha value is -0.660. The summed E-state index contributed by atoms with van der Waals surface area (Å²) in [5.41, 5.74) is 0. The van der Waals surface area contributed by atoms with Gasteiger partial charge in [0.1, 0.15) is 10.4 Å². The van der Waals surface area contributed by atoms with E-state index in [-0.39, 0.29) is 11.9 Å². The molecular weight excluding hydrogens is 308 g/mol. The molecule has 0 aromatic carbocycles. The average molecular weight is 321 g/mol. The van der Waals surface area contributed by atoms with E-state index in [2.05, 4.69) is 25.6 Å². The molecule has 17 heavy (non-hydrogen) atoms. The van der Waals surface area contributed by atoms with Crippen LogP contribution in [0.2, 0.25) is 0 Å². The summed E-state index contributed by atoms with van der Waals surface area (Å²) in [4.78, 5) is 4.02. The van der Waals surface area contributed by atoms with Gasteiger partial charge in [-0.15, -0.1) is 0 Å². The first-order valence-electron chi connectivity index (χ1n) is 5.30. The Morgan fingerprint density at radius 3 is 3.00 bits per heavy atom. The van der Waals surface area contributed by atoms with Crippen molar-refractivity contribution in [1.82, 2.24) is 4.98 Å². The molecule has 1 N–H and O–H groups in total. The van der Waals surface area contributed by atoms with Crippen LogP contribution in [0.3, 0.4) is 0 Å². The Balaban J connectivity index is 2.01. The number of aromatic nitrogens is 1. The highest BCUT2D eigenvalue weighted by atomic mass is 79.9. The first-order valence-corrected chi connectivity index (χ1v) is 7.74. The maximum atomic E-state index is 11.8. The number of halogens is 1. The molecule has 0 radical (unpaired) electrons. The Morgan fingerprint density at radius 1 is 1.53 bits per heavy atom. The zero-order valence-electron chi connectivity index (χ0n) is 9.10. The molecule has 0 amide bonds. The molecule has 2 heterocycles. The van der Waals surface area contributed by atoms with Gasteiger partial charge >= 0.3 is 0 Å². The summed E-state index contributed by atoms with van der Waals surface area (Å²) >= 11 is 3.19. The van der Waals surface area contributed by atoms with Crippen molar-refractivity contribution in [2.75, 3.05) is 17.1 Å². The Labute approximate surface area is 109 Å². The lowest BCUT2D eigenvalue weighted by Gasteiger charge is -2.11. The molecule has 1 saturated heterocycles.